The number of hydrogen-bond donors (Lipinski definition) is 1. The Balaban J connectivity index is 2.74. The third-order valence-corrected chi connectivity index (χ3v) is 1.65. The maximum absolute atomic E-state index is 12.4. The monoisotopic (exact) mass is 166 g/mol. The molecule has 12 heavy (non-hydrogen) atoms. The Morgan fingerprint density at radius 2 is 2.00 bits per heavy atom. The van der Waals surface area contributed by atoms with Gasteiger partial charge < -0.3 is 5.32 Å². The normalized spacial score (nSPS) is 12.2. The molecule has 1 atom stereocenters. The van der Waals surface area contributed by atoms with Crippen LogP contribution in [0.25, 0.3) is 0 Å². The van der Waals surface area contributed by atoms with Crippen molar-refractivity contribution in [1.82, 2.24) is 5.32 Å². The minimum Gasteiger partial charge on any atom is -0.341 e. The minimum atomic E-state index is -0.277. The fourth-order valence-electron chi connectivity index (χ4n) is 0.923. The second-order valence-electron chi connectivity index (χ2n) is 2.52. The van der Waals surface area contributed by atoms with Crippen molar-refractivity contribution in [2.45, 2.75) is 13.0 Å². The number of benzene rings is 1. The number of hydrogen-bond acceptors (Lipinski definition) is 1. The maximum atomic E-state index is 12.4. The highest BCUT2D eigenvalue weighted by atomic mass is 19.1. The summed E-state index contributed by atoms with van der Waals surface area (Å²) in [6, 6.07) is 5.86. The first-order valence-corrected chi connectivity index (χ1v) is 3.62. The van der Waals surface area contributed by atoms with E-state index in [2.05, 4.69) is 5.32 Å². The second-order valence-corrected chi connectivity index (χ2v) is 2.52. The number of nitrogens with one attached hydrogen (secondary N) is 1. The fraction of sp³-hybridized carbons (Fsp3) is 0.222. The van der Waals surface area contributed by atoms with E-state index in [-0.39, 0.29) is 11.9 Å². The average molecular weight is 166 g/mol. The number of amides is 1. The Morgan fingerprint density at radius 1 is 1.42 bits per heavy atom. The standard InChI is InChI=1S/C9H9FNO/c1-7(11-6-12)8-2-4-9(10)5-3-8/h2-5,7H,1H3,(H,11,12). The van der Waals surface area contributed by atoms with Crippen molar-refractivity contribution in [3.05, 3.63) is 35.6 Å². The van der Waals surface area contributed by atoms with Gasteiger partial charge in [0.05, 0.1) is 6.04 Å². The van der Waals surface area contributed by atoms with Crippen molar-refractivity contribution in [1.29, 1.82) is 0 Å². The molecule has 0 aliphatic rings. The van der Waals surface area contributed by atoms with Crippen molar-refractivity contribution in [2.24, 2.45) is 0 Å². The summed E-state index contributed by atoms with van der Waals surface area (Å²) < 4.78 is 12.4. The van der Waals surface area contributed by atoms with Crippen LogP contribution in [-0.4, -0.2) is 6.41 Å². The van der Waals surface area contributed by atoms with Crippen LogP contribution in [0, 0.1) is 5.82 Å². The van der Waals surface area contributed by atoms with Gasteiger partial charge in [-0.05, 0) is 24.6 Å². The van der Waals surface area contributed by atoms with Crippen LogP contribution < -0.4 is 5.32 Å². The van der Waals surface area contributed by atoms with E-state index in [9.17, 15) is 9.18 Å². The minimum absolute atomic E-state index is 0.122. The summed E-state index contributed by atoms with van der Waals surface area (Å²) >= 11 is 0. The van der Waals surface area contributed by atoms with E-state index in [1.165, 1.54) is 12.1 Å². The zero-order chi connectivity index (χ0) is 8.97. The van der Waals surface area contributed by atoms with Gasteiger partial charge >= 0.3 is 6.41 Å². The van der Waals surface area contributed by atoms with E-state index >= 15 is 0 Å². The van der Waals surface area contributed by atoms with Gasteiger partial charge in [-0.3, -0.25) is 4.79 Å². The van der Waals surface area contributed by atoms with Crippen molar-refractivity contribution >= 4 is 6.41 Å². The molecule has 1 rings (SSSR count). The molecule has 0 heterocycles. The molecule has 0 bridgehead atoms. The van der Waals surface area contributed by atoms with E-state index in [1.807, 2.05) is 0 Å². The van der Waals surface area contributed by atoms with Crippen LogP contribution >= 0.6 is 0 Å². The van der Waals surface area contributed by atoms with Gasteiger partial charge in [0.15, 0.2) is 0 Å². The van der Waals surface area contributed by atoms with Crippen molar-refractivity contribution < 1.29 is 9.18 Å². The highest BCUT2D eigenvalue weighted by Gasteiger charge is 2.02. The highest BCUT2D eigenvalue weighted by molar-refractivity contribution is 5.48. The molecule has 1 N–H and O–H groups in total. The zero-order valence-corrected chi connectivity index (χ0v) is 6.67. The molecule has 1 radical (unpaired) electrons. The van der Waals surface area contributed by atoms with E-state index in [4.69, 9.17) is 0 Å². The summed E-state index contributed by atoms with van der Waals surface area (Å²) in [6.07, 6.45) is 1.59. The molecule has 0 aromatic heterocycles. The maximum Gasteiger partial charge on any atom is 0.309 e. The Kier molecular flexibility index (Phi) is 2.80. The largest absolute Gasteiger partial charge is 0.341 e. The summed E-state index contributed by atoms with van der Waals surface area (Å²) in [7, 11) is 0. The lowest BCUT2D eigenvalue weighted by Gasteiger charge is -2.08. The molecule has 0 aliphatic carbocycles. The van der Waals surface area contributed by atoms with Gasteiger partial charge in [0.25, 0.3) is 0 Å². The molecule has 1 aromatic carbocycles. The van der Waals surface area contributed by atoms with Gasteiger partial charge in [-0.25, -0.2) is 4.39 Å². The predicted octanol–water partition coefficient (Wildman–Crippen LogP) is 1.54. The summed E-state index contributed by atoms with van der Waals surface area (Å²) in [5, 5.41) is 2.45. The highest BCUT2D eigenvalue weighted by Crippen LogP contribution is 2.11. The van der Waals surface area contributed by atoms with E-state index < -0.39 is 0 Å². The summed E-state index contributed by atoms with van der Waals surface area (Å²) in [6.45, 7) is 1.80. The lowest BCUT2D eigenvalue weighted by Crippen LogP contribution is -2.15. The van der Waals surface area contributed by atoms with Gasteiger partial charge in [-0.1, -0.05) is 12.1 Å². The van der Waals surface area contributed by atoms with Crippen LogP contribution in [0.4, 0.5) is 4.39 Å². The van der Waals surface area contributed by atoms with Crippen LogP contribution in [0.1, 0.15) is 18.5 Å². The topological polar surface area (TPSA) is 29.1 Å². The van der Waals surface area contributed by atoms with E-state index in [1.54, 1.807) is 25.5 Å². The lowest BCUT2D eigenvalue weighted by atomic mass is 10.1. The number of halogens is 1. The van der Waals surface area contributed by atoms with Gasteiger partial charge in [-0.15, -0.1) is 0 Å². The van der Waals surface area contributed by atoms with Gasteiger partial charge in [-0.2, -0.15) is 0 Å². The molecule has 63 valence electrons. The molecular weight excluding hydrogens is 157 g/mol. The lowest BCUT2D eigenvalue weighted by molar-refractivity contribution is 0.529. The number of carbonyl (C=O) groups excluding carboxylic acids is 1. The predicted molar refractivity (Wildman–Crippen MR) is 43.6 cm³/mol. The molecule has 0 fully saturated rings. The van der Waals surface area contributed by atoms with Crippen LogP contribution in [0.5, 0.6) is 0 Å². The molecule has 1 aromatic rings. The van der Waals surface area contributed by atoms with Crippen molar-refractivity contribution in [3.63, 3.8) is 0 Å². The SMILES string of the molecule is CC(N[C]=O)c1ccc(F)cc1. The summed E-state index contributed by atoms with van der Waals surface area (Å²) in [4.78, 5) is 9.95. The van der Waals surface area contributed by atoms with Gasteiger partial charge in [0, 0.05) is 0 Å². The summed E-state index contributed by atoms with van der Waals surface area (Å²) in [5.41, 5.74) is 0.861. The molecule has 0 aliphatic heterocycles. The van der Waals surface area contributed by atoms with E-state index in [0.717, 1.165) is 5.56 Å². The first-order chi connectivity index (χ1) is 5.74. The van der Waals surface area contributed by atoms with Crippen LogP contribution in [0.2, 0.25) is 0 Å². The molecule has 0 spiro atoms. The third kappa shape index (κ3) is 2.05. The molecule has 2 nitrogen and oxygen atoms in total. The van der Waals surface area contributed by atoms with Crippen molar-refractivity contribution in [2.75, 3.05) is 0 Å². The second kappa shape index (κ2) is 3.85. The van der Waals surface area contributed by atoms with Crippen LogP contribution in [-0.2, 0) is 4.79 Å². The molecule has 0 saturated heterocycles. The molecule has 3 heteroatoms. The summed E-state index contributed by atoms with van der Waals surface area (Å²) in [5.74, 6) is -0.277. The van der Waals surface area contributed by atoms with Gasteiger partial charge in [0.1, 0.15) is 5.82 Å². The molecule has 1 unspecified atom stereocenters. The smallest absolute Gasteiger partial charge is 0.309 e. The van der Waals surface area contributed by atoms with Gasteiger partial charge in [0.2, 0.25) is 0 Å². The molecule has 0 saturated carbocycles. The Labute approximate surface area is 70.4 Å². The van der Waals surface area contributed by atoms with E-state index in [0.29, 0.717) is 0 Å². The van der Waals surface area contributed by atoms with Crippen LogP contribution in [0.15, 0.2) is 24.3 Å². The average Bonchev–Trinajstić information content (AvgIpc) is 2.06. The number of rotatable bonds is 3. The fourth-order valence-corrected chi connectivity index (χ4v) is 0.923. The third-order valence-electron chi connectivity index (χ3n) is 1.65. The Bertz CT molecular complexity index is 258. The zero-order valence-electron chi connectivity index (χ0n) is 6.67. The first-order valence-electron chi connectivity index (χ1n) is 3.62. The van der Waals surface area contributed by atoms with Crippen LogP contribution in [0.3, 0.4) is 0 Å². The molecule has 1 amide bonds. The first kappa shape index (κ1) is 8.71. The Morgan fingerprint density at radius 3 is 2.50 bits per heavy atom. The Hall–Kier alpha value is -1.38. The quantitative estimate of drug-likeness (QED) is 0.678. The van der Waals surface area contributed by atoms with Crippen molar-refractivity contribution in [3.8, 4) is 0 Å². The molecular formula is C9H9FNO.